The van der Waals surface area contributed by atoms with E-state index in [4.69, 9.17) is 0 Å². The first-order chi connectivity index (χ1) is 6.86. The van der Waals surface area contributed by atoms with Crippen LogP contribution in [-0.4, -0.2) is 0 Å². The summed E-state index contributed by atoms with van der Waals surface area (Å²) in [7, 11) is 0. The molecule has 1 nitrogen and oxygen atoms in total. The third-order valence-electron chi connectivity index (χ3n) is 2.87. The highest BCUT2D eigenvalue weighted by atomic mass is 15.3. The second-order valence-electron chi connectivity index (χ2n) is 3.94. The first-order valence-corrected chi connectivity index (χ1v) is 5.13. The summed E-state index contributed by atoms with van der Waals surface area (Å²) < 4.78 is 0. The number of anilines is 1. The van der Waals surface area contributed by atoms with Crippen molar-refractivity contribution >= 4 is 5.69 Å². The molecule has 70 valence electrons. The molecule has 0 atom stereocenters. The van der Waals surface area contributed by atoms with Crippen molar-refractivity contribution in [1.82, 2.24) is 0 Å². The minimum absolute atomic E-state index is 1.20. The van der Waals surface area contributed by atoms with Gasteiger partial charge in [0.2, 0.25) is 0 Å². The van der Waals surface area contributed by atoms with Gasteiger partial charge in [0.15, 0.2) is 0 Å². The van der Waals surface area contributed by atoms with E-state index in [1.807, 2.05) is 0 Å². The van der Waals surface area contributed by atoms with Gasteiger partial charge in [0.25, 0.3) is 0 Å². The number of allylic oxidation sites excluding steroid dienone is 3. The summed E-state index contributed by atoms with van der Waals surface area (Å²) >= 11 is 0. The van der Waals surface area contributed by atoms with Crippen LogP contribution in [0, 0.1) is 6.92 Å². The van der Waals surface area contributed by atoms with Crippen LogP contribution >= 0.6 is 0 Å². The second-order valence-corrected chi connectivity index (χ2v) is 3.94. The largest absolute Gasteiger partial charge is 0.310 e. The maximum Gasteiger partial charge on any atom is 0.0654 e. The van der Waals surface area contributed by atoms with Gasteiger partial charge in [-0.2, -0.15) is 0 Å². The van der Waals surface area contributed by atoms with E-state index in [2.05, 4.69) is 48.2 Å². The van der Waals surface area contributed by atoms with E-state index < -0.39 is 0 Å². The van der Waals surface area contributed by atoms with Gasteiger partial charge in [0.05, 0.1) is 5.70 Å². The molecular formula is C13H13N. The molecule has 0 amide bonds. The number of hydrogen-bond acceptors (Lipinski definition) is 1. The lowest BCUT2D eigenvalue weighted by Crippen LogP contribution is -1.96. The molecule has 0 unspecified atom stereocenters. The molecule has 2 aliphatic rings. The number of nitrogens with zero attached hydrogens (tertiary/aromatic N) is 1. The molecule has 0 aromatic heterocycles. The van der Waals surface area contributed by atoms with Gasteiger partial charge in [0, 0.05) is 11.4 Å². The molecule has 0 saturated carbocycles. The van der Waals surface area contributed by atoms with Gasteiger partial charge in [-0.15, -0.1) is 0 Å². The van der Waals surface area contributed by atoms with Gasteiger partial charge < -0.3 is 4.90 Å². The Kier molecular flexibility index (Phi) is 1.54. The van der Waals surface area contributed by atoms with Gasteiger partial charge in [-0.3, -0.25) is 0 Å². The van der Waals surface area contributed by atoms with Crippen molar-refractivity contribution in [2.45, 2.75) is 19.8 Å². The van der Waals surface area contributed by atoms with Crippen LogP contribution < -0.4 is 4.90 Å². The van der Waals surface area contributed by atoms with Gasteiger partial charge in [-0.25, -0.2) is 0 Å². The number of benzene rings is 1. The molecule has 0 saturated heterocycles. The van der Waals surface area contributed by atoms with E-state index in [1.54, 1.807) is 0 Å². The third-order valence-corrected chi connectivity index (χ3v) is 2.87. The number of aryl methyl sites for hydroxylation is 1. The summed E-state index contributed by atoms with van der Waals surface area (Å²) in [6.07, 6.45) is 6.90. The van der Waals surface area contributed by atoms with Crippen molar-refractivity contribution in [3.8, 4) is 0 Å². The lowest BCUT2D eigenvalue weighted by Gasteiger charge is -2.06. The van der Waals surface area contributed by atoms with Crippen LogP contribution in [0.5, 0.6) is 0 Å². The Bertz CT molecular complexity index is 423. The smallest absolute Gasteiger partial charge is 0.0654 e. The zero-order valence-corrected chi connectivity index (χ0v) is 8.33. The van der Waals surface area contributed by atoms with E-state index in [1.165, 1.54) is 35.5 Å². The summed E-state index contributed by atoms with van der Waals surface area (Å²) in [5, 5.41) is 0. The topological polar surface area (TPSA) is 3.01 Å². The second kappa shape index (κ2) is 2.74. The van der Waals surface area contributed by atoms with Crippen LogP contribution in [0.4, 0.5) is 5.69 Å². The lowest BCUT2D eigenvalue weighted by atomic mass is 10.2. The monoisotopic (exact) mass is 183 g/mol. The molecule has 14 heavy (non-hydrogen) atoms. The Morgan fingerprint density at radius 3 is 2.57 bits per heavy atom. The first kappa shape index (κ1) is 7.86. The van der Waals surface area contributed by atoms with Crippen molar-refractivity contribution in [3.63, 3.8) is 0 Å². The predicted octanol–water partition coefficient (Wildman–Crippen LogP) is 3.38. The van der Waals surface area contributed by atoms with E-state index in [0.717, 1.165) is 0 Å². The molecule has 0 fully saturated rings. The van der Waals surface area contributed by atoms with E-state index in [-0.39, 0.29) is 0 Å². The van der Waals surface area contributed by atoms with Crippen molar-refractivity contribution in [1.29, 1.82) is 0 Å². The first-order valence-electron chi connectivity index (χ1n) is 5.13. The fraction of sp³-hybridized carbons (Fsp3) is 0.231. The molecule has 3 rings (SSSR count). The van der Waals surface area contributed by atoms with Gasteiger partial charge in [-0.1, -0.05) is 23.8 Å². The van der Waals surface area contributed by atoms with Crippen LogP contribution in [-0.2, 0) is 0 Å². The summed E-state index contributed by atoms with van der Waals surface area (Å²) in [6, 6.07) is 8.73. The van der Waals surface area contributed by atoms with Crippen molar-refractivity contribution in [2.24, 2.45) is 0 Å². The fourth-order valence-corrected chi connectivity index (χ4v) is 2.03. The third kappa shape index (κ3) is 1.09. The molecule has 1 aromatic carbocycles. The number of rotatable bonds is 1. The highest BCUT2D eigenvalue weighted by Crippen LogP contribution is 2.43. The normalized spacial score (nSPS) is 18.5. The van der Waals surface area contributed by atoms with E-state index in [9.17, 15) is 0 Å². The molecule has 1 heteroatoms. The fourth-order valence-electron chi connectivity index (χ4n) is 2.03. The zero-order chi connectivity index (χ0) is 9.54. The number of hydrogen-bond donors (Lipinski definition) is 0. The molecule has 1 aromatic rings. The van der Waals surface area contributed by atoms with Crippen molar-refractivity contribution in [3.05, 3.63) is 53.4 Å². The molecule has 0 bridgehead atoms. The maximum atomic E-state index is 2.35. The molecule has 0 spiro atoms. The van der Waals surface area contributed by atoms with Crippen LogP contribution in [0.1, 0.15) is 18.4 Å². The Morgan fingerprint density at radius 2 is 1.93 bits per heavy atom. The molecule has 1 aliphatic heterocycles. The minimum Gasteiger partial charge on any atom is -0.310 e. The summed E-state index contributed by atoms with van der Waals surface area (Å²) in [5.74, 6) is 0. The Morgan fingerprint density at radius 1 is 1.14 bits per heavy atom. The maximum absolute atomic E-state index is 2.35. The Labute approximate surface area is 84.4 Å². The summed E-state index contributed by atoms with van der Waals surface area (Å²) in [5.41, 5.74) is 5.56. The molecule has 1 aliphatic carbocycles. The minimum atomic E-state index is 1.20. The quantitative estimate of drug-likeness (QED) is 0.645. The van der Waals surface area contributed by atoms with Crippen molar-refractivity contribution in [2.75, 3.05) is 4.90 Å². The summed E-state index contributed by atoms with van der Waals surface area (Å²) in [6.45, 7) is 2.12. The summed E-state index contributed by atoms with van der Waals surface area (Å²) in [4.78, 5) is 2.35. The Balaban J connectivity index is 1.87. The highest BCUT2D eigenvalue weighted by molar-refractivity contribution is 5.73. The van der Waals surface area contributed by atoms with Crippen LogP contribution in [0.25, 0.3) is 0 Å². The molecular weight excluding hydrogens is 170 g/mol. The average molecular weight is 183 g/mol. The van der Waals surface area contributed by atoms with Gasteiger partial charge in [0.1, 0.15) is 0 Å². The standard InChI is InChI=1S/C13H13N/c1-10-6-8-11(9-7-10)14-12-4-2-3-5-13(12)14/h2,4,6-9H,3,5H2,1H3. The van der Waals surface area contributed by atoms with Gasteiger partial charge >= 0.3 is 0 Å². The van der Waals surface area contributed by atoms with E-state index >= 15 is 0 Å². The van der Waals surface area contributed by atoms with Crippen LogP contribution in [0.2, 0.25) is 0 Å². The SMILES string of the molecule is Cc1ccc(N2C3=C2CCC=C3)cc1. The Hall–Kier alpha value is -1.50. The van der Waals surface area contributed by atoms with Gasteiger partial charge in [-0.05, 0) is 38.0 Å². The van der Waals surface area contributed by atoms with E-state index in [0.29, 0.717) is 0 Å². The average Bonchev–Trinajstić information content (AvgIpc) is 2.93. The molecule has 0 radical (unpaired) electrons. The van der Waals surface area contributed by atoms with Crippen molar-refractivity contribution < 1.29 is 0 Å². The lowest BCUT2D eigenvalue weighted by molar-refractivity contribution is 1.00. The zero-order valence-electron chi connectivity index (χ0n) is 8.33. The molecule has 1 heterocycles. The molecule has 0 N–H and O–H groups in total. The van der Waals surface area contributed by atoms with Crippen LogP contribution in [0.3, 0.4) is 0 Å². The van der Waals surface area contributed by atoms with Crippen LogP contribution in [0.15, 0.2) is 47.8 Å². The highest BCUT2D eigenvalue weighted by Gasteiger charge is 2.33. The predicted molar refractivity (Wildman–Crippen MR) is 59.1 cm³/mol.